The second-order valence-electron chi connectivity index (χ2n) is 4.85. The predicted molar refractivity (Wildman–Crippen MR) is 93.4 cm³/mol. The van der Waals surface area contributed by atoms with Gasteiger partial charge in [0.25, 0.3) is 0 Å². The lowest BCUT2D eigenvalue weighted by molar-refractivity contribution is 0.0606. The van der Waals surface area contributed by atoms with Gasteiger partial charge in [-0.15, -0.1) is 10.2 Å². The lowest BCUT2D eigenvalue weighted by atomic mass is 10.2. The summed E-state index contributed by atoms with van der Waals surface area (Å²) in [6.07, 6.45) is 0. The van der Waals surface area contributed by atoms with Gasteiger partial charge in [-0.25, -0.2) is 9.78 Å². The minimum absolute atomic E-state index is 0.132. The van der Waals surface area contributed by atoms with Crippen LogP contribution in [0.15, 0.2) is 33.8 Å². The molecule has 0 saturated heterocycles. The predicted octanol–water partition coefficient (Wildman–Crippen LogP) is 3.93. The van der Waals surface area contributed by atoms with Crippen molar-refractivity contribution in [2.75, 3.05) is 7.11 Å². The van der Waals surface area contributed by atoms with Gasteiger partial charge in [0, 0.05) is 0 Å². The highest BCUT2D eigenvalue weighted by Crippen LogP contribution is 2.35. The van der Waals surface area contributed by atoms with Crippen molar-refractivity contribution in [1.29, 1.82) is 0 Å². The Labute approximate surface area is 151 Å². The van der Waals surface area contributed by atoms with E-state index in [9.17, 15) is 4.79 Å². The fourth-order valence-corrected chi connectivity index (χ4v) is 4.45. The first-order valence-electron chi connectivity index (χ1n) is 6.91. The van der Waals surface area contributed by atoms with Crippen LogP contribution in [0.1, 0.15) is 21.1 Å². The molecule has 0 bridgehead atoms. The van der Waals surface area contributed by atoms with Gasteiger partial charge in [-0.1, -0.05) is 41.1 Å². The minimum atomic E-state index is -0.499. The van der Waals surface area contributed by atoms with E-state index in [1.54, 1.807) is 0 Å². The van der Waals surface area contributed by atoms with E-state index >= 15 is 0 Å². The first-order chi connectivity index (χ1) is 11.5. The van der Waals surface area contributed by atoms with E-state index in [0.29, 0.717) is 9.50 Å². The molecule has 0 fully saturated rings. The number of aryl methyl sites for hydroxylation is 2. The van der Waals surface area contributed by atoms with E-state index in [4.69, 9.17) is 16.3 Å². The normalized spacial score (nSPS) is 10.8. The molecule has 6 nitrogen and oxygen atoms in total. The number of thiazole rings is 1. The van der Waals surface area contributed by atoms with Gasteiger partial charge in [-0.05, 0) is 37.2 Å². The fourth-order valence-electron chi connectivity index (χ4n) is 2.12. The van der Waals surface area contributed by atoms with Gasteiger partial charge >= 0.3 is 5.97 Å². The van der Waals surface area contributed by atoms with Crippen molar-refractivity contribution in [3.05, 3.63) is 45.7 Å². The first-order valence-corrected chi connectivity index (χ1v) is 8.93. The number of methoxy groups -OCH3 is 1. The fraction of sp³-hybridized carbons (Fsp3) is 0.200. The Morgan fingerprint density at radius 2 is 2.04 bits per heavy atom. The lowest BCUT2D eigenvalue weighted by Crippen LogP contribution is -2.01. The van der Waals surface area contributed by atoms with E-state index in [2.05, 4.69) is 15.2 Å². The molecular formula is C15H13ClN4O2S2. The zero-order chi connectivity index (χ0) is 17.3. The third-order valence-electron chi connectivity index (χ3n) is 3.27. The van der Waals surface area contributed by atoms with Crippen LogP contribution in [0.25, 0.3) is 5.69 Å². The Morgan fingerprint density at radius 1 is 1.29 bits per heavy atom. The van der Waals surface area contributed by atoms with Gasteiger partial charge in [0.2, 0.25) is 5.16 Å². The number of aromatic nitrogens is 4. The Hall–Kier alpha value is -1.90. The molecule has 0 unspecified atom stereocenters. The molecule has 3 aromatic rings. The highest BCUT2D eigenvalue weighted by molar-refractivity contribution is 8.00. The van der Waals surface area contributed by atoms with Crippen LogP contribution >= 0.6 is 34.7 Å². The summed E-state index contributed by atoms with van der Waals surface area (Å²) < 4.78 is 7.25. The molecule has 0 radical (unpaired) electrons. The smallest absolute Gasteiger partial charge is 0.351 e. The minimum Gasteiger partial charge on any atom is -0.465 e. The molecule has 0 aliphatic rings. The number of halogens is 1. The molecule has 24 heavy (non-hydrogen) atoms. The number of rotatable bonds is 4. The van der Waals surface area contributed by atoms with Gasteiger partial charge in [-0.3, -0.25) is 4.57 Å². The molecule has 0 N–H and O–H groups in total. The lowest BCUT2D eigenvalue weighted by Gasteiger charge is -2.10. The van der Waals surface area contributed by atoms with Gasteiger partial charge in [-0.2, -0.15) is 0 Å². The maximum absolute atomic E-state index is 11.7. The Balaban J connectivity index is 1.98. The Kier molecular flexibility index (Phi) is 4.88. The zero-order valence-electron chi connectivity index (χ0n) is 13.1. The van der Waals surface area contributed by atoms with Crippen LogP contribution in [0.5, 0.6) is 0 Å². The van der Waals surface area contributed by atoms with Crippen LogP contribution in [-0.2, 0) is 4.74 Å². The molecule has 1 aromatic carbocycles. The van der Waals surface area contributed by atoms with Crippen LogP contribution < -0.4 is 0 Å². The van der Waals surface area contributed by atoms with E-state index < -0.39 is 5.97 Å². The van der Waals surface area contributed by atoms with E-state index in [-0.39, 0.29) is 10.0 Å². The maximum Gasteiger partial charge on any atom is 0.351 e. The van der Waals surface area contributed by atoms with E-state index in [1.807, 2.05) is 42.7 Å². The molecule has 0 aliphatic carbocycles. The van der Waals surface area contributed by atoms with E-state index in [0.717, 1.165) is 17.1 Å². The topological polar surface area (TPSA) is 69.9 Å². The zero-order valence-corrected chi connectivity index (χ0v) is 15.5. The van der Waals surface area contributed by atoms with Crippen molar-refractivity contribution in [3.8, 4) is 5.69 Å². The highest BCUT2D eigenvalue weighted by atomic mass is 35.5. The molecule has 3 rings (SSSR count). The van der Waals surface area contributed by atoms with Gasteiger partial charge < -0.3 is 4.74 Å². The third kappa shape index (κ3) is 3.17. The number of nitrogens with zero attached hydrogens (tertiary/aromatic N) is 4. The van der Waals surface area contributed by atoms with Crippen molar-refractivity contribution >= 4 is 40.7 Å². The number of benzene rings is 1. The SMILES string of the molecule is COC(=O)c1sc(Sc2nnc(C)n2-c2ccccc2C)nc1Cl. The van der Waals surface area contributed by atoms with Crippen LogP contribution in [0.4, 0.5) is 0 Å². The van der Waals surface area contributed by atoms with E-state index in [1.165, 1.54) is 30.2 Å². The van der Waals surface area contributed by atoms with Crippen LogP contribution in [0.2, 0.25) is 5.15 Å². The number of para-hydroxylation sites is 1. The van der Waals surface area contributed by atoms with Gasteiger partial charge in [0.1, 0.15) is 5.82 Å². The molecule has 0 saturated carbocycles. The molecule has 2 heterocycles. The molecule has 0 amide bonds. The number of ether oxygens (including phenoxy) is 1. The summed E-state index contributed by atoms with van der Waals surface area (Å²) in [7, 11) is 1.31. The molecule has 0 spiro atoms. The second kappa shape index (κ2) is 6.92. The van der Waals surface area contributed by atoms with Gasteiger partial charge in [0.15, 0.2) is 14.4 Å². The number of carbonyl (C=O) groups excluding carboxylic acids is 1. The largest absolute Gasteiger partial charge is 0.465 e. The molecule has 0 atom stereocenters. The quantitative estimate of drug-likeness (QED) is 0.638. The summed E-state index contributed by atoms with van der Waals surface area (Å²) in [6, 6.07) is 7.98. The number of hydrogen-bond acceptors (Lipinski definition) is 7. The molecule has 9 heteroatoms. The molecular weight excluding hydrogens is 368 g/mol. The van der Waals surface area contributed by atoms with Gasteiger partial charge in [0.05, 0.1) is 12.8 Å². The summed E-state index contributed by atoms with van der Waals surface area (Å²) in [5, 5.41) is 9.16. The van der Waals surface area contributed by atoms with Crippen molar-refractivity contribution < 1.29 is 9.53 Å². The monoisotopic (exact) mass is 380 g/mol. The first kappa shape index (κ1) is 16.9. The summed E-state index contributed by atoms with van der Waals surface area (Å²) in [6.45, 7) is 3.91. The number of esters is 1. The Morgan fingerprint density at radius 3 is 2.75 bits per heavy atom. The van der Waals surface area contributed by atoms with Crippen molar-refractivity contribution in [2.45, 2.75) is 23.3 Å². The second-order valence-corrected chi connectivity index (χ2v) is 7.42. The average Bonchev–Trinajstić information content (AvgIpc) is 3.11. The molecule has 2 aromatic heterocycles. The van der Waals surface area contributed by atoms with Crippen LogP contribution in [-0.4, -0.2) is 32.8 Å². The van der Waals surface area contributed by atoms with Crippen LogP contribution in [0, 0.1) is 13.8 Å². The van der Waals surface area contributed by atoms with Crippen molar-refractivity contribution in [2.24, 2.45) is 0 Å². The van der Waals surface area contributed by atoms with Crippen LogP contribution in [0.3, 0.4) is 0 Å². The third-order valence-corrected chi connectivity index (χ3v) is 5.70. The molecule has 124 valence electrons. The summed E-state index contributed by atoms with van der Waals surface area (Å²) in [4.78, 5) is 16.1. The van der Waals surface area contributed by atoms with Crippen molar-refractivity contribution in [1.82, 2.24) is 19.7 Å². The summed E-state index contributed by atoms with van der Waals surface area (Å²) in [5.74, 6) is 0.267. The summed E-state index contributed by atoms with van der Waals surface area (Å²) >= 11 is 8.49. The Bertz CT molecular complexity index is 907. The average molecular weight is 381 g/mol. The number of carbonyl (C=O) groups is 1. The standard InChI is InChI=1S/C15H13ClN4O2S2/c1-8-6-4-5-7-10(8)20-9(2)18-19-14(20)24-15-17-12(16)11(23-15)13(21)22-3/h4-7H,1-3H3. The van der Waals surface area contributed by atoms with Crippen molar-refractivity contribution in [3.63, 3.8) is 0 Å². The highest BCUT2D eigenvalue weighted by Gasteiger charge is 2.20. The maximum atomic E-state index is 11.7. The number of hydrogen-bond donors (Lipinski definition) is 0. The molecule has 0 aliphatic heterocycles. The summed E-state index contributed by atoms with van der Waals surface area (Å²) in [5.41, 5.74) is 2.10.